The van der Waals surface area contributed by atoms with E-state index in [1.165, 1.54) is 30.3 Å². The molecule has 356 valence electrons. The fourth-order valence-corrected chi connectivity index (χ4v) is 10.5. The molecule has 0 bridgehead atoms. The quantitative estimate of drug-likeness (QED) is 0.0827. The number of benzene rings is 4. The van der Waals surface area contributed by atoms with Crippen molar-refractivity contribution >= 4 is 46.6 Å². The number of carbonyl (C=O) groups excluding carboxylic acids is 2. The van der Waals surface area contributed by atoms with Gasteiger partial charge in [-0.25, -0.2) is 8.78 Å². The van der Waals surface area contributed by atoms with Crippen LogP contribution in [0.15, 0.2) is 78.9 Å². The summed E-state index contributed by atoms with van der Waals surface area (Å²) < 4.78 is 55.3. The van der Waals surface area contributed by atoms with Gasteiger partial charge in [-0.1, -0.05) is 101 Å². The van der Waals surface area contributed by atoms with E-state index in [1.54, 1.807) is 42.5 Å². The molecule has 3 N–H and O–H groups in total. The first-order valence-corrected chi connectivity index (χ1v) is 23.2. The molecule has 67 heavy (non-hydrogen) atoms. The number of carbonyl (C=O) groups is 2. The van der Waals surface area contributed by atoms with Crippen LogP contribution in [0.25, 0.3) is 0 Å². The van der Waals surface area contributed by atoms with Crippen molar-refractivity contribution in [3.05, 3.63) is 128 Å². The molecular weight excluding hydrogens is 923 g/mol. The van der Waals surface area contributed by atoms with Gasteiger partial charge in [0, 0.05) is 57.6 Å². The highest BCUT2D eigenvalue weighted by atomic mass is 35.5. The van der Waals surface area contributed by atoms with Crippen molar-refractivity contribution in [3.63, 3.8) is 0 Å². The highest BCUT2D eigenvalue weighted by molar-refractivity contribution is 6.32. The zero-order chi connectivity index (χ0) is 48.9. The van der Waals surface area contributed by atoms with Crippen LogP contribution in [0.5, 0.6) is 11.5 Å². The average Bonchev–Trinajstić information content (AvgIpc) is 3.58. The highest BCUT2D eigenvalue weighted by Crippen LogP contribution is 2.56. The number of hydrogen-bond acceptors (Lipinski definition) is 9. The summed E-state index contributed by atoms with van der Waals surface area (Å²) in [6.45, 7) is 15.3. The molecule has 1 saturated heterocycles. The SMILES string of the molecule is CC(C)(C)CC1NC(C(=O)NCCOCCOCCOc2ccc(C(=O)N[C@H]3C(C)(C)[C@H](Oc4ccc(C#N)c(Cl)c4)C3(C)C)cc2)[C@H](c2cccc(Cl)c2F)[C@@]1(C#N)c1ccc(Cl)cc1F. The van der Waals surface area contributed by atoms with E-state index in [9.17, 15) is 20.1 Å². The number of hydrogen-bond donors (Lipinski definition) is 3. The summed E-state index contributed by atoms with van der Waals surface area (Å²) >= 11 is 18.6. The zero-order valence-corrected chi connectivity index (χ0v) is 40.8. The molecule has 0 spiro atoms. The summed E-state index contributed by atoms with van der Waals surface area (Å²) in [4.78, 5) is 27.3. The van der Waals surface area contributed by atoms with Gasteiger partial charge in [-0.2, -0.15) is 10.5 Å². The highest BCUT2D eigenvalue weighted by Gasteiger charge is 2.64. The Morgan fingerprint density at radius 2 is 1.48 bits per heavy atom. The fraction of sp³-hybridized carbons (Fsp3) is 0.451. The van der Waals surface area contributed by atoms with E-state index >= 15 is 8.78 Å². The van der Waals surface area contributed by atoms with Gasteiger partial charge in [-0.3, -0.25) is 9.59 Å². The maximum absolute atomic E-state index is 15.9. The van der Waals surface area contributed by atoms with Crippen LogP contribution in [0.3, 0.4) is 0 Å². The predicted octanol–water partition coefficient (Wildman–Crippen LogP) is 9.96. The van der Waals surface area contributed by atoms with Crippen molar-refractivity contribution in [1.82, 2.24) is 16.0 Å². The minimum Gasteiger partial charge on any atom is -0.491 e. The van der Waals surface area contributed by atoms with Crippen LogP contribution in [-0.4, -0.2) is 75.6 Å². The van der Waals surface area contributed by atoms with Crippen LogP contribution in [0.4, 0.5) is 8.78 Å². The molecule has 4 aromatic carbocycles. The fourth-order valence-electron chi connectivity index (χ4n) is 9.97. The zero-order valence-electron chi connectivity index (χ0n) is 38.6. The number of rotatable bonds is 18. The molecule has 2 unspecified atom stereocenters. The summed E-state index contributed by atoms with van der Waals surface area (Å²) in [7, 11) is 0. The van der Waals surface area contributed by atoms with Gasteiger partial charge in [0.1, 0.15) is 47.3 Å². The number of nitrogens with one attached hydrogen (secondary N) is 3. The van der Waals surface area contributed by atoms with E-state index in [0.29, 0.717) is 34.1 Å². The maximum Gasteiger partial charge on any atom is 0.251 e. The summed E-state index contributed by atoms with van der Waals surface area (Å²) in [6, 6.07) is 22.5. The second-order valence-corrected chi connectivity index (χ2v) is 20.6. The van der Waals surface area contributed by atoms with Crippen LogP contribution >= 0.6 is 34.8 Å². The molecular formula is C51H56Cl3F2N5O6. The molecule has 0 aromatic heterocycles. The topological polar surface area (TPSA) is 155 Å². The van der Waals surface area contributed by atoms with Crippen molar-refractivity contribution in [1.29, 1.82) is 10.5 Å². The second kappa shape index (κ2) is 21.1. The van der Waals surface area contributed by atoms with Crippen LogP contribution in [0.2, 0.25) is 15.1 Å². The molecule has 1 aliphatic heterocycles. The summed E-state index contributed by atoms with van der Waals surface area (Å²) in [6.07, 6.45) is 0.119. The average molecular weight is 979 g/mol. The Morgan fingerprint density at radius 1 is 0.821 bits per heavy atom. The Kier molecular flexibility index (Phi) is 16.2. The molecule has 1 saturated carbocycles. The molecule has 4 atom stereocenters. The Labute approximate surface area is 406 Å². The summed E-state index contributed by atoms with van der Waals surface area (Å²) in [5.41, 5.74) is -2.05. The lowest BCUT2D eigenvalue weighted by molar-refractivity contribution is -0.164. The van der Waals surface area contributed by atoms with Crippen LogP contribution in [0.1, 0.15) is 87.9 Å². The normalized spacial score (nSPS) is 22.7. The Bertz CT molecular complexity index is 2510. The van der Waals surface area contributed by atoms with Gasteiger partial charge in [0.15, 0.2) is 0 Å². The number of amides is 2. The Hall–Kier alpha value is -4.99. The van der Waals surface area contributed by atoms with E-state index in [4.69, 9.17) is 53.8 Å². The minimum atomic E-state index is -1.73. The van der Waals surface area contributed by atoms with Crippen molar-refractivity contribution in [2.24, 2.45) is 16.2 Å². The lowest BCUT2D eigenvalue weighted by Gasteiger charge is -2.63. The largest absolute Gasteiger partial charge is 0.491 e. The van der Waals surface area contributed by atoms with Gasteiger partial charge in [0.05, 0.1) is 54.1 Å². The molecule has 2 fully saturated rings. The van der Waals surface area contributed by atoms with Gasteiger partial charge >= 0.3 is 0 Å². The molecule has 2 aliphatic rings. The lowest BCUT2D eigenvalue weighted by atomic mass is 9.49. The molecule has 1 aliphatic carbocycles. The molecule has 11 nitrogen and oxygen atoms in total. The standard InChI is InChI=1S/C51H56Cl3F2N5O6/c1-48(2,3)27-40-51(29-58,36-18-14-32(52)25-39(36)55)41(35-9-8-10-37(53)42(35)56)43(60-40)45(63)59-19-20-64-21-22-65-23-24-66-33-15-11-30(12-16-33)44(62)61-46-49(4,5)47(50(46,6)7)67-34-17-13-31(28-57)38(54)26-34/h8-18,25-26,40-41,43,46-47,60H,19-24,27H2,1-7H3,(H,59,63)(H,61,62)/t40?,41-,43?,46-,47-,51-/m0/s1. The van der Waals surface area contributed by atoms with E-state index in [-0.39, 0.29) is 84.2 Å². The number of ether oxygens (including phenoxy) is 4. The number of nitriles is 2. The Morgan fingerprint density at radius 3 is 2.10 bits per heavy atom. The first-order chi connectivity index (χ1) is 31.6. The van der Waals surface area contributed by atoms with E-state index in [0.717, 1.165) is 6.07 Å². The van der Waals surface area contributed by atoms with E-state index in [1.807, 2.05) is 54.5 Å². The molecule has 0 radical (unpaired) electrons. The molecule has 6 rings (SSSR count). The monoisotopic (exact) mass is 977 g/mol. The lowest BCUT2D eigenvalue weighted by Crippen LogP contribution is -2.74. The van der Waals surface area contributed by atoms with E-state index < -0.39 is 51.8 Å². The molecule has 4 aromatic rings. The van der Waals surface area contributed by atoms with Crippen LogP contribution in [-0.2, 0) is 19.7 Å². The van der Waals surface area contributed by atoms with Gasteiger partial charge in [-0.15, -0.1) is 0 Å². The van der Waals surface area contributed by atoms with Crippen molar-refractivity contribution in [3.8, 4) is 23.6 Å². The van der Waals surface area contributed by atoms with Crippen LogP contribution < -0.4 is 25.4 Å². The third-order valence-electron chi connectivity index (χ3n) is 12.7. The van der Waals surface area contributed by atoms with Gasteiger partial charge in [-0.05, 0) is 72.0 Å². The van der Waals surface area contributed by atoms with Gasteiger partial charge < -0.3 is 34.9 Å². The smallest absolute Gasteiger partial charge is 0.251 e. The molecule has 2 amide bonds. The van der Waals surface area contributed by atoms with Gasteiger partial charge in [0.25, 0.3) is 5.91 Å². The number of nitrogens with zero attached hydrogens (tertiary/aromatic N) is 2. The first kappa shape index (κ1) is 51.4. The molecule has 1 heterocycles. The maximum atomic E-state index is 15.9. The second-order valence-electron chi connectivity index (χ2n) is 19.4. The third kappa shape index (κ3) is 11.2. The van der Waals surface area contributed by atoms with Crippen molar-refractivity contribution in [2.75, 3.05) is 39.6 Å². The van der Waals surface area contributed by atoms with Crippen molar-refractivity contribution < 1.29 is 37.3 Å². The van der Waals surface area contributed by atoms with Crippen LogP contribution in [0, 0.1) is 50.5 Å². The number of halogens is 5. The van der Waals surface area contributed by atoms with Crippen molar-refractivity contribution in [2.45, 2.75) is 90.4 Å². The summed E-state index contributed by atoms with van der Waals surface area (Å²) in [5, 5.41) is 29.8. The van der Waals surface area contributed by atoms with Gasteiger partial charge in [0.2, 0.25) is 5.91 Å². The summed E-state index contributed by atoms with van der Waals surface area (Å²) in [5.74, 6) is -2.31. The molecule has 16 heteroatoms. The third-order valence-corrected chi connectivity index (χ3v) is 13.5. The van der Waals surface area contributed by atoms with E-state index in [2.05, 4.69) is 22.0 Å². The minimum absolute atomic E-state index is 0.00108. The first-order valence-electron chi connectivity index (χ1n) is 22.1. The Balaban J connectivity index is 0.948. The predicted molar refractivity (Wildman–Crippen MR) is 254 cm³/mol.